The number of nitrogens with zero attached hydrogens (tertiary/aromatic N) is 3. The number of likely N-dealkylation sites (N-methyl/N-ethyl adjacent to an activating group) is 1. The summed E-state index contributed by atoms with van der Waals surface area (Å²) in [4.78, 5) is 8.97. The molecule has 0 saturated carbocycles. The van der Waals surface area contributed by atoms with Gasteiger partial charge >= 0.3 is 0 Å². The van der Waals surface area contributed by atoms with E-state index in [2.05, 4.69) is 21.8 Å². The fourth-order valence-corrected chi connectivity index (χ4v) is 3.80. The zero-order valence-electron chi connectivity index (χ0n) is 14.1. The lowest BCUT2D eigenvalue weighted by Gasteiger charge is -2.37. The number of anilines is 1. The average molecular weight is 357 g/mol. The van der Waals surface area contributed by atoms with Gasteiger partial charge in [0.05, 0.1) is 5.69 Å². The molecule has 2 aromatic rings. The second-order valence-corrected chi connectivity index (χ2v) is 7.11. The maximum absolute atomic E-state index is 11.6. The van der Waals surface area contributed by atoms with E-state index in [-0.39, 0.29) is 5.84 Å². The van der Waals surface area contributed by atoms with Crippen molar-refractivity contribution in [3.05, 3.63) is 58.6 Å². The molecule has 2 aliphatic heterocycles. The van der Waals surface area contributed by atoms with Crippen molar-refractivity contribution < 1.29 is 5.11 Å². The highest BCUT2D eigenvalue weighted by molar-refractivity contribution is 6.30. The van der Waals surface area contributed by atoms with E-state index < -0.39 is 5.60 Å². The zero-order valence-corrected chi connectivity index (χ0v) is 14.9. The summed E-state index contributed by atoms with van der Waals surface area (Å²) in [6.45, 7) is 3.78. The molecular formula is C19H21ClN4O. The first kappa shape index (κ1) is 16.4. The third kappa shape index (κ3) is 2.59. The Labute approximate surface area is 152 Å². The molecule has 2 heterocycles. The molecule has 2 aromatic carbocycles. The molecule has 25 heavy (non-hydrogen) atoms. The topological polar surface area (TPSA) is 65.1 Å². The van der Waals surface area contributed by atoms with Crippen molar-refractivity contribution in [1.82, 2.24) is 4.90 Å². The number of nitrogens with two attached hydrogens (primary N) is 1. The van der Waals surface area contributed by atoms with Crippen LogP contribution in [-0.4, -0.2) is 49.1 Å². The van der Waals surface area contributed by atoms with Gasteiger partial charge in [0.2, 0.25) is 0 Å². The highest BCUT2D eigenvalue weighted by Gasteiger charge is 2.44. The summed E-state index contributed by atoms with van der Waals surface area (Å²) in [6, 6.07) is 13.2. The summed E-state index contributed by atoms with van der Waals surface area (Å²) in [5.74, 6) is 0.186. The van der Waals surface area contributed by atoms with Gasteiger partial charge < -0.3 is 20.6 Å². The van der Waals surface area contributed by atoms with Crippen LogP contribution in [-0.2, 0) is 5.60 Å². The van der Waals surface area contributed by atoms with Gasteiger partial charge in [-0.1, -0.05) is 29.8 Å². The predicted octanol–water partition coefficient (Wildman–Crippen LogP) is 2.33. The van der Waals surface area contributed by atoms with Crippen LogP contribution in [0.15, 0.2) is 47.5 Å². The van der Waals surface area contributed by atoms with E-state index in [0.29, 0.717) is 16.3 Å². The van der Waals surface area contributed by atoms with Crippen molar-refractivity contribution in [3.8, 4) is 0 Å². The highest BCUT2D eigenvalue weighted by Crippen LogP contribution is 2.45. The van der Waals surface area contributed by atoms with Gasteiger partial charge in [-0.25, -0.2) is 4.99 Å². The predicted molar refractivity (Wildman–Crippen MR) is 102 cm³/mol. The maximum Gasteiger partial charge on any atom is 0.176 e. The van der Waals surface area contributed by atoms with Crippen LogP contribution < -0.4 is 10.6 Å². The number of benzene rings is 2. The summed E-state index contributed by atoms with van der Waals surface area (Å²) in [7, 11) is 2.12. The van der Waals surface area contributed by atoms with Gasteiger partial charge in [0.25, 0.3) is 0 Å². The van der Waals surface area contributed by atoms with Crippen LogP contribution in [0.3, 0.4) is 0 Å². The Balaban J connectivity index is 1.83. The Morgan fingerprint density at radius 2 is 1.80 bits per heavy atom. The van der Waals surface area contributed by atoms with E-state index in [1.54, 1.807) is 18.2 Å². The van der Waals surface area contributed by atoms with E-state index >= 15 is 0 Å². The minimum atomic E-state index is -1.46. The average Bonchev–Trinajstić information content (AvgIpc) is 2.87. The lowest BCUT2D eigenvalue weighted by atomic mass is 9.85. The zero-order chi connectivity index (χ0) is 17.6. The number of hydrogen-bond acceptors (Lipinski definition) is 5. The van der Waals surface area contributed by atoms with Crippen molar-refractivity contribution in [2.45, 2.75) is 5.60 Å². The molecule has 1 unspecified atom stereocenters. The van der Waals surface area contributed by atoms with Crippen LogP contribution in [0, 0.1) is 0 Å². The number of rotatable bonds is 2. The van der Waals surface area contributed by atoms with Gasteiger partial charge in [-0.05, 0) is 31.3 Å². The standard InChI is InChI=1S/C19H21ClN4O/c1-23-8-10-24(11-9-23)17-5-3-2-4-14(17)19(25)15-12-13(20)6-7-16(15)22-18(19)21/h2-7,12,25H,8-11H2,1H3,(H2,21,22). The Hall–Kier alpha value is -2.08. The minimum absolute atomic E-state index is 0.186. The van der Waals surface area contributed by atoms with E-state index in [0.717, 1.165) is 37.4 Å². The van der Waals surface area contributed by atoms with Gasteiger partial charge in [0.1, 0.15) is 5.84 Å². The summed E-state index contributed by atoms with van der Waals surface area (Å²) in [5, 5.41) is 12.2. The van der Waals surface area contributed by atoms with Gasteiger partial charge in [0, 0.05) is 48.0 Å². The summed E-state index contributed by atoms with van der Waals surface area (Å²) in [5.41, 5.74) is 7.78. The SMILES string of the molecule is CN1CCN(c2ccccc2C2(O)C(N)=Nc3ccc(Cl)cc32)CC1. The Kier molecular flexibility index (Phi) is 3.95. The van der Waals surface area contributed by atoms with Crippen LogP contribution in [0.1, 0.15) is 11.1 Å². The van der Waals surface area contributed by atoms with E-state index in [9.17, 15) is 5.11 Å². The molecule has 130 valence electrons. The van der Waals surface area contributed by atoms with Crippen LogP contribution in [0.2, 0.25) is 5.02 Å². The van der Waals surface area contributed by atoms with Crippen molar-refractivity contribution in [2.75, 3.05) is 38.1 Å². The Bertz CT molecular complexity index is 845. The van der Waals surface area contributed by atoms with Crippen molar-refractivity contribution in [2.24, 2.45) is 10.7 Å². The van der Waals surface area contributed by atoms with Crippen molar-refractivity contribution in [3.63, 3.8) is 0 Å². The summed E-state index contributed by atoms with van der Waals surface area (Å²) < 4.78 is 0. The number of amidine groups is 1. The highest BCUT2D eigenvalue weighted by atomic mass is 35.5. The molecule has 0 aromatic heterocycles. The van der Waals surface area contributed by atoms with E-state index in [4.69, 9.17) is 17.3 Å². The largest absolute Gasteiger partial charge is 0.384 e. The van der Waals surface area contributed by atoms with Crippen LogP contribution in [0.5, 0.6) is 0 Å². The molecule has 1 fully saturated rings. The number of piperazine rings is 1. The molecule has 0 bridgehead atoms. The lowest BCUT2D eigenvalue weighted by Crippen LogP contribution is -2.46. The van der Waals surface area contributed by atoms with Gasteiger partial charge in [-0.3, -0.25) is 0 Å². The second kappa shape index (κ2) is 6.02. The quantitative estimate of drug-likeness (QED) is 0.866. The second-order valence-electron chi connectivity index (χ2n) is 6.68. The number of aliphatic imine (C=N–C) groups is 1. The molecule has 3 N–H and O–H groups in total. The molecule has 1 saturated heterocycles. The fourth-order valence-electron chi connectivity index (χ4n) is 3.63. The van der Waals surface area contributed by atoms with E-state index in [1.165, 1.54) is 0 Å². The number of aliphatic hydroxyl groups is 1. The first-order chi connectivity index (χ1) is 12.0. The monoisotopic (exact) mass is 356 g/mol. The summed E-state index contributed by atoms with van der Waals surface area (Å²) in [6.07, 6.45) is 0. The smallest absolute Gasteiger partial charge is 0.176 e. The van der Waals surface area contributed by atoms with Gasteiger partial charge in [-0.2, -0.15) is 0 Å². The Morgan fingerprint density at radius 1 is 1.08 bits per heavy atom. The van der Waals surface area contributed by atoms with E-state index in [1.807, 2.05) is 24.3 Å². The maximum atomic E-state index is 11.6. The molecule has 0 aliphatic carbocycles. The minimum Gasteiger partial charge on any atom is -0.384 e. The van der Waals surface area contributed by atoms with Gasteiger partial charge in [-0.15, -0.1) is 0 Å². The number of fused-ring (bicyclic) bond motifs is 1. The number of halogens is 1. The van der Waals surface area contributed by atoms with Gasteiger partial charge in [0.15, 0.2) is 5.60 Å². The molecule has 5 nitrogen and oxygen atoms in total. The molecule has 0 spiro atoms. The van der Waals surface area contributed by atoms with Crippen LogP contribution in [0.4, 0.5) is 11.4 Å². The molecule has 6 heteroatoms. The molecule has 4 rings (SSSR count). The fraction of sp³-hybridized carbons (Fsp3) is 0.316. The number of para-hydroxylation sites is 1. The molecule has 0 amide bonds. The molecular weight excluding hydrogens is 336 g/mol. The van der Waals surface area contributed by atoms with Crippen LogP contribution in [0.25, 0.3) is 0 Å². The number of hydrogen-bond donors (Lipinski definition) is 2. The normalized spacial score (nSPS) is 23.5. The molecule has 0 radical (unpaired) electrons. The third-order valence-electron chi connectivity index (χ3n) is 5.10. The lowest BCUT2D eigenvalue weighted by molar-refractivity contribution is 0.158. The van der Waals surface area contributed by atoms with Crippen molar-refractivity contribution in [1.29, 1.82) is 0 Å². The first-order valence-corrected chi connectivity index (χ1v) is 8.78. The van der Waals surface area contributed by atoms with Crippen molar-refractivity contribution >= 4 is 28.8 Å². The third-order valence-corrected chi connectivity index (χ3v) is 5.33. The summed E-state index contributed by atoms with van der Waals surface area (Å²) >= 11 is 6.17. The molecule has 1 atom stereocenters. The molecule has 2 aliphatic rings. The Morgan fingerprint density at radius 3 is 2.56 bits per heavy atom. The first-order valence-electron chi connectivity index (χ1n) is 8.40. The van der Waals surface area contributed by atoms with Crippen LogP contribution >= 0.6 is 11.6 Å².